The summed E-state index contributed by atoms with van der Waals surface area (Å²) in [7, 11) is 0. The lowest BCUT2D eigenvalue weighted by atomic mass is 9.93. The minimum absolute atomic E-state index is 0.0877. The van der Waals surface area contributed by atoms with Crippen LogP contribution < -0.4 is 5.32 Å². The summed E-state index contributed by atoms with van der Waals surface area (Å²) >= 11 is 0. The number of halogens is 8. The Hall–Kier alpha value is -2.65. The van der Waals surface area contributed by atoms with Gasteiger partial charge in [0.25, 0.3) is 5.91 Å². The molecule has 1 N–H and O–H groups in total. The zero-order valence-corrected chi connectivity index (χ0v) is 14.0. The van der Waals surface area contributed by atoms with E-state index >= 15 is 0 Å². The lowest BCUT2D eigenvalue weighted by Gasteiger charge is -2.30. The molecule has 0 aliphatic rings. The van der Waals surface area contributed by atoms with Crippen molar-refractivity contribution in [3.8, 4) is 0 Å². The predicted octanol–water partition coefficient (Wildman–Crippen LogP) is 5.09. The molecule has 10 heteroatoms. The molecule has 0 unspecified atom stereocenters. The molecule has 2 aromatic rings. The smallest absolute Gasteiger partial charge is 0.352 e. The van der Waals surface area contributed by atoms with Gasteiger partial charge in [0.05, 0.1) is 0 Å². The van der Waals surface area contributed by atoms with Crippen LogP contribution in [0.15, 0.2) is 48.5 Å². The topological polar surface area (TPSA) is 29.1 Å². The van der Waals surface area contributed by atoms with E-state index in [4.69, 9.17) is 0 Å². The van der Waals surface area contributed by atoms with E-state index in [1.54, 1.807) is 0 Å². The van der Waals surface area contributed by atoms with Crippen LogP contribution in [0.4, 0.5) is 35.1 Å². The van der Waals surface area contributed by atoms with Crippen LogP contribution in [-0.4, -0.2) is 24.8 Å². The van der Waals surface area contributed by atoms with E-state index in [1.165, 1.54) is 24.3 Å². The van der Waals surface area contributed by atoms with Crippen molar-refractivity contribution < 1.29 is 39.9 Å². The summed E-state index contributed by atoms with van der Waals surface area (Å²) < 4.78 is 103. The average molecular weight is 411 g/mol. The monoisotopic (exact) mass is 411 g/mol. The molecular formula is C18H13F8NO. The van der Waals surface area contributed by atoms with Crippen LogP contribution >= 0.6 is 0 Å². The van der Waals surface area contributed by atoms with Gasteiger partial charge in [-0.1, -0.05) is 24.3 Å². The summed E-state index contributed by atoms with van der Waals surface area (Å²) in [4.78, 5) is 11.9. The Kier molecular flexibility index (Phi) is 6.00. The van der Waals surface area contributed by atoms with Gasteiger partial charge in [0.2, 0.25) is 0 Å². The van der Waals surface area contributed by atoms with Crippen LogP contribution in [0, 0.1) is 5.82 Å². The van der Waals surface area contributed by atoms with Gasteiger partial charge in [-0.25, -0.2) is 8.78 Å². The summed E-state index contributed by atoms with van der Waals surface area (Å²) in [5, 5.41) is 2.41. The highest BCUT2D eigenvalue weighted by Crippen LogP contribution is 2.53. The second kappa shape index (κ2) is 7.76. The Labute approximate surface area is 154 Å². The molecule has 0 radical (unpaired) electrons. The fraction of sp³-hybridized carbons (Fsp3) is 0.278. The molecule has 0 atom stereocenters. The molecule has 0 aliphatic carbocycles. The lowest BCUT2D eigenvalue weighted by Crippen LogP contribution is -2.50. The van der Waals surface area contributed by atoms with Gasteiger partial charge in [0.15, 0.2) is 0 Å². The maximum Gasteiger partial charge on any atom is 0.435 e. The van der Waals surface area contributed by atoms with E-state index in [0.717, 1.165) is 0 Å². The number of amides is 1. The molecule has 2 nitrogen and oxygen atoms in total. The van der Waals surface area contributed by atoms with E-state index in [1.807, 2.05) is 0 Å². The van der Waals surface area contributed by atoms with E-state index in [2.05, 4.69) is 5.32 Å². The summed E-state index contributed by atoms with van der Waals surface area (Å²) in [6.45, 7) is 0.0877. The van der Waals surface area contributed by atoms with E-state index in [-0.39, 0.29) is 24.2 Å². The molecule has 152 valence electrons. The Morgan fingerprint density at radius 1 is 0.786 bits per heavy atom. The van der Waals surface area contributed by atoms with Gasteiger partial charge in [-0.15, -0.1) is 0 Å². The quantitative estimate of drug-likeness (QED) is 0.683. The molecule has 28 heavy (non-hydrogen) atoms. The first-order chi connectivity index (χ1) is 12.9. The second-order valence-corrected chi connectivity index (χ2v) is 5.86. The van der Waals surface area contributed by atoms with Crippen molar-refractivity contribution in [1.29, 1.82) is 0 Å². The molecule has 0 saturated carbocycles. The highest BCUT2D eigenvalue weighted by molar-refractivity contribution is 5.94. The molecule has 0 saturated heterocycles. The third-order valence-electron chi connectivity index (χ3n) is 3.94. The maximum absolute atomic E-state index is 13.9. The second-order valence-electron chi connectivity index (χ2n) is 5.86. The van der Waals surface area contributed by atoms with Crippen molar-refractivity contribution in [1.82, 2.24) is 5.32 Å². The van der Waals surface area contributed by atoms with Crippen LogP contribution in [0.3, 0.4) is 0 Å². The van der Waals surface area contributed by atoms with Gasteiger partial charge in [-0.3, -0.25) is 4.79 Å². The number of rotatable bonds is 5. The van der Waals surface area contributed by atoms with Crippen molar-refractivity contribution in [3.05, 3.63) is 71.0 Å². The van der Waals surface area contributed by atoms with Crippen LogP contribution in [0.1, 0.15) is 21.5 Å². The fourth-order valence-electron chi connectivity index (χ4n) is 2.41. The largest absolute Gasteiger partial charge is 0.435 e. The third kappa shape index (κ3) is 4.42. The number of alkyl halides is 7. The van der Waals surface area contributed by atoms with Gasteiger partial charge in [-0.05, 0) is 36.2 Å². The molecular weight excluding hydrogens is 398 g/mol. The third-order valence-corrected chi connectivity index (χ3v) is 3.94. The van der Waals surface area contributed by atoms with Crippen LogP contribution in [0.2, 0.25) is 0 Å². The highest BCUT2D eigenvalue weighted by Gasteiger charge is 2.73. The first kappa shape index (κ1) is 21.6. The first-order valence-corrected chi connectivity index (χ1v) is 7.82. The zero-order chi connectivity index (χ0) is 21.2. The highest BCUT2D eigenvalue weighted by atomic mass is 19.4. The number of nitrogens with one attached hydrogen (secondary N) is 1. The Morgan fingerprint density at radius 2 is 1.29 bits per heavy atom. The number of hydrogen-bond acceptors (Lipinski definition) is 1. The lowest BCUT2D eigenvalue weighted by molar-refractivity contribution is -0.348. The Balaban J connectivity index is 2.08. The van der Waals surface area contributed by atoms with Crippen molar-refractivity contribution in [2.24, 2.45) is 0 Å². The molecule has 2 aromatic carbocycles. The summed E-state index contributed by atoms with van der Waals surface area (Å²) in [6, 6.07) is 7.33. The standard InChI is InChI=1S/C18H13F8NO/c19-14-7-1-11(2-8-14)9-10-27-15(28)12-3-5-13(6-4-12)16(20,17(21,22)23)18(24,25)26/h1-8H,9-10H2,(H,27,28). The first-order valence-electron chi connectivity index (χ1n) is 7.82. The fourth-order valence-corrected chi connectivity index (χ4v) is 2.41. The van der Waals surface area contributed by atoms with E-state index in [9.17, 15) is 39.9 Å². The minimum Gasteiger partial charge on any atom is -0.352 e. The number of hydrogen-bond donors (Lipinski definition) is 1. The van der Waals surface area contributed by atoms with Gasteiger partial charge < -0.3 is 5.32 Å². The number of carbonyl (C=O) groups is 1. The number of benzene rings is 2. The van der Waals surface area contributed by atoms with Crippen molar-refractivity contribution in [3.63, 3.8) is 0 Å². The van der Waals surface area contributed by atoms with Gasteiger partial charge in [0.1, 0.15) is 5.82 Å². The van der Waals surface area contributed by atoms with E-state index < -0.39 is 35.3 Å². The van der Waals surface area contributed by atoms with Crippen molar-refractivity contribution in [2.45, 2.75) is 24.4 Å². The van der Waals surface area contributed by atoms with Gasteiger partial charge in [-0.2, -0.15) is 26.3 Å². The minimum atomic E-state index is -6.22. The Bertz CT molecular complexity index is 795. The summed E-state index contributed by atoms with van der Waals surface area (Å²) in [5.41, 5.74) is -6.75. The van der Waals surface area contributed by atoms with Crippen molar-refractivity contribution >= 4 is 5.91 Å². The van der Waals surface area contributed by atoms with Crippen LogP contribution in [0.25, 0.3) is 0 Å². The normalized spacial score (nSPS) is 12.7. The summed E-state index contributed by atoms with van der Waals surface area (Å²) in [5.74, 6) is -1.20. The molecule has 0 aliphatic heterocycles. The molecule has 0 heterocycles. The molecule has 0 aromatic heterocycles. The number of carbonyl (C=O) groups excluding carboxylic acids is 1. The van der Waals surface area contributed by atoms with Gasteiger partial charge >= 0.3 is 18.0 Å². The van der Waals surface area contributed by atoms with E-state index in [0.29, 0.717) is 24.1 Å². The molecule has 1 amide bonds. The Morgan fingerprint density at radius 3 is 1.75 bits per heavy atom. The van der Waals surface area contributed by atoms with Crippen LogP contribution in [-0.2, 0) is 12.1 Å². The average Bonchev–Trinajstić information content (AvgIpc) is 2.61. The molecule has 2 rings (SSSR count). The maximum atomic E-state index is 13.9. The zero-order valence-electron chi connectivity index (χ0n) is 14.0. The summed E-state index contributed by atoms with van der Waals surface area (Å²) in [6.07, 6.45) is -12.1. The molecule has 0 bridgehead atoms. The van der Waals surface area contributed by atoms with Gasteiger partial charge in [0, 0.05) is 17.7 Å². The van der Waals surface area contributed by atoms with Crippen molar-refractivity contribution in [2.75, 3.05) is 6.54 Å². The molecule has 0 spiro atoms. The molecule has 0 fully saturated rings. The SMILES string of the molecule is O=C(NCCc1ccc(F)cc1)c1ccc(C(F)(C(F)(F)F)C(F)(F)F)cc1. The van der Waals surface area contributed by atoms with Crippen LogP contribution in [0.5, 0.6) is 0 Å². The predicted molar refractivity (Wildman–Crippen MR) is 83.8 cm³/mol.